The lowest BCUT2D eigenvalue weighted by Gasteiger charge is -2.37. The van der Waals surface area contributed by atoms with Gasteiger partial charge in [-0.2, -0.15) is 0 Å². The molecular formula is C25H28N4O5S. The van der Waals surface area contributed by atoms with Crippen LogP contribution in [0.1, 0.15) is 49.7 Å². The second-order valence-corrected chi connectivity index (χ2v) is 8.88. The first kappa shape index (κ1) is 25.8. The highest BCUT2D eigenvalue weighted by Gasteiger charge is 2.34. The van der Waals surface area contributed by atoms with Crippen LogP contribution < -0.4 is 10.6 Å². The third kappa shape index (κ3) is 6.02. The maximum Gasteiger partial charge on any atom is 0.338 e. The molecule has 0 fully saturated rings. The first-order chi connectivity index (χ1) is 16.6. The Labute approximate surface area is 209 Å². The first-order valence-electron chi connectivity index (χ1n) is 11.2. The number of nitro groups is 1. The van der Waals surface area contributed by atoms with Crippen LogP contribution in [0.25, 0.3) is 0 Å². The second kappa shape index (κ2) is 11.1. The summed E-state index contributed by atoms with van der Waals surface area (Å²) in [4.78, 5) is 37.7. The van der Waals surface area contributed by atoms with Crippen molar-refractivity contribution < 1.29 is 19.2 Å². The molecule has 2 aromatic rings. The van der Waals surface area contributed by atoms with E-state index in [-0.39, 0.29) is 11.6 Å². The van der Waals surface area contributed by atoms with Crippen molar-refractivity contribution in [2.45, 2.75) is 33.7 Å². The van der Waals surface area contributed by atoms with Crippen LogP contribution in [0, 0.1) is 16.0 Å². The molecule has 1 heterocycles. The maximum atomic E-state index is 13.0. The molecule has 0 aromatic heterocycles. The zero-order chi connectivity index (χ0) is 25.7. The summed E-state index contributed by atoms with van der Waals surface area (Å²) in [5, 5.41) is 17.3. The molecular weight excluding hydrogens is 468 g/mol. The van der Waals surface area contributed by atoms with Crippen LogP contribution in [0.5, 0.6) is 0 Å². The minimum Gasteiger partial charge on any atom is -0.462 e. The van der Waals surface area contributed by atoms with Crippen LogP contribution in [-0.4, -0.2) is 40.0 Å². The fraction of sp³-hybridized carbons (Fsp3) is 0.320. The maximum absolute atomic E-state index is 13.0. The summed E-state index contributed by atoms with van der Waals surface area (Å²) in [7, 11) is 0. The Morgan fingerprint density at radius 1 is 1.17 bits per heavy atom. The van der Waals surface area contributed by atoms with Crippen LogP contribution >= 0.6 is 12.2 Å². The Morgan fingerprint density at radius 2 is 1.80 bits per heavy atom. The van der Waals surface area contributed by atoms with Crippen molar-refractivity contribution >= 4 is 40.6 Å². The van der Waals surface area contributed by atoms with Crippen molar-refractivity contribution in [2.24, 2.45) is 5.92 Å². The number of carbonyl (C=O) groups excluding carboxylic acids is 2. The molecule has 0 saturated heterocycles. The molecule has 0 spiro atoms. The molecule has 9 nitrogen and oxygen atoms in total. The predicted molar refractivity (Wildman–Crippen MR) is 137 cm³/mol. The number of carbonyl (C=O) groups is 2. The van der Waals surface area contributed by atoms with Crippen LogP contribution in [0.15, 0.2) is 59.8 Å². The number of amides is 1. The summed E-state index contributed by atoms with van der Waals surface area (Å²) < 4.78 is 5.54. The number of nitrogens with one attached hydrogen (secondary N) is 2. The highest BCUT2D eigenvalue weighted by Crippen LogP contribution is 2.32. The van der Waals surface area contributed by atoms with E-state index >= 15 is 0 Å². The molecule has 1 atom stereocenters. The second-order valence-electron chi connectivity index (χ2n) is 8.50. The quantitative estimate of drug-likeness (QED) is 0.236. The van der Waals surface area contributed by atoms with Gasteiger partial charge in [0.25, 0.3) is 11.6 Å². The van der Waals surface area contributed by atoms with E-state index in [0.29, 0.717) is 35.1 Å². The molecule has 1 unspecified atom stereocenters. The number of esters is 1. The lowest BCUT2D eigenvalue weighted by atomic mass is 9.94. The van der Waals surface area contributed by atoms with E-state index in [2.05, 4.69) is 10.6 Å². The topological polar surface area (TPSA) is 114 Å². The Bertz CT molecular complexity index is 1160. The lowest BCUT2D eigenvalue weighted by Crippen LogP contribution is -2.47. The summed E-state index contributed by atoms with van der Waals surface area (Å²) in [6.45, 7) is 8.68. The van der Waals surface area contributed by atoms with Gasteiger partial charge in [-0.25, -0.2) is 4.79 Å². The monoisotopic (exact) mass is 496 g/mol. The van der Waals surface area contributed by atoms with E-state index in [4.69, 9.17) is 17.0 Å². The van der Waals surface area contributed by atoms with Gasteiger partial charge in [-0.3, -0.25) is 14.9 Å². The Hall–Kier alpha value is -3.79. The van der Waals surface area contributed by atoms with Gasteiger partial charge in [0, 0.05) is 35.6 Å². The highest BCUT2D eigenvalue weighted by atomic mass is 32.1. The molecule has 3 rings (SSSR count). The minimum atomic E-state index is -0.520. The van der Waals surface area contributed by atoms with E-state index in [1.165, 1.54) is 24.3 Å². The fourth-order valence-corrected chi connectivity index (χ4v) is 4.08. The summed E-state index contributed by atoms with van der Waals surface area (Å²) in [5.41, 5.74) is 2.76. The molecule has 2 aromatic carbocycles. The standard InChI is InChI=1S/C25H28N4O5S/c1-5-28-16(4)21(24(31)34-14-15(2)3)22(27-25(28)35)17-6-10-19(11-7-17)26-23(30)18-8-12-20(13-9-18)29(32)33/h6-13,15,22H,5,14H2,1-4H3,(H,26,30)(H,27,35). The fourth-order valence-electron chi connectivity index (χ4n) is 3.69. The molecule has 2 N–H and O–H groups in total. The van der Waals surface area contributed by atoms with Gasteiger partial charge in [0.15, 0.2) is 5.11 Å². The SMILES string of the molecule is CCN1C(=S)NC(c2ccc(NC(=O)c3ccc([N+](=O)[O-])cc3)cc2)C(C(=O)OCC(C)C)=C1C. The number of rotatable bonds is 8. The Kier molecular flexibility index (Phi) is 8.18. The number of allylic oxidation sites excluding steroid dienone is 1. The Morgan fingerprint density at radius 3 is 2.34 bits per heavy atom. The van der Waals surface area contributed by atoms with E-state index < -0.39 is 22.8 Å². The van der Waals surface area contributed by atoms with Crippen molar-refractivity contribution in [3.8, 4) is 0 Å². The van der Waals surface area contributed by atoms with Crippen molar-refractivity contribution in [3.05, 3.63) is 81.0 Å². The van der Waals surface area contributed by atoms with Gasteiger partial charge in [0.1, 0.15) is 0 Å². The number of ether oxygens (including phenoxy) is 1. The Balaban J connectivity index is 1.82. The van der Waals surface area contributed by atoms with Gasteiger partial charge in [0.2, 0.25) is 0 Å². The van der Waals surface area contributed by atoms with Gasteiger partial charge < -0.3 is 20.3 Å². The molecule has 1 aliphatic rings. The average molecular weight is 497 g/mol. The number of anilines is 1. The van der Waals surface area contributed by atoms with Gasteiger partial charge in [-0.05, 0) is 61.8 Å². The van der Waals surface area contributed by atoms with Gasteiger partial charge >= 0.3 is 5.97 Å². The van der Waals surface area contributed by atoms with Crippen LogP contribution in [0.4, 0.5) is 11.4 Å². The van der Waals surface area contributed by atoms with Crippen molar-refractivity contribution in [3.63, 3.8) is 0 Å². The third-order valence-electron chi connectivity index (χ3n) is 5.52. The van der Waals surface area contributed by atoms with E-state index in [1.54, 1.807) is 24.3 Å². The zero-order valence-electron chi connectivity index (χ0n) is 20.0. The summed E-state index contributed by atoms with van der Waals surface area (Å²) in [6, 6.07) is 11.9. The highest BCUT2D eigenvalue weighted by molar-refractivity contribution is 7.80. The average Bonchev–Trinajstić information content (AvgIpc) is 2.83. The number of benzene rings is 2. The van der Waals surface area contributed by atoms with Crippen molar-refractivity contribution in [1.82, 2.24) is 10.2 Å². The molecule has 10 heteroatoms. The van der Waals surface area contributed by atoms with Gasteiger partial charge in [-0.15, -0.1) is 0 Å². The summed E-state index contributed by atoms with van der Waals surface area (Å²) in [5.74, 6) is -0.584. The van der Waals surface area contributed by atoms with Gasteiger partial charge in [-0.1, -0.05) is 26.0 Å². The molecule has 0 aliphatic carbocycles. The first-order valence-corrected chi connectivity index (χ1v) is 11.6. The largest absolute Gasteiger partial charge is 0.462 e. The molecule has 184 valence electrons. The smallest absolute Gasteiger partial charge is 0.338 e. The van der Waals surface area contributed by atoms with Crippen LogP contribution in [-0.2, 0) is 9.53 Å². The van der Waals surface area contributed by atoms with Gasteiger partial charge in [0.05, 0.1) is 23.1 Å². The number of nitro benzene ring substituents is 1. The number of nitrogens with zero attached hydrogens (tertiary/aromatic N) is 2. The third-order valence-corrected chi connectivity index (χ3v) is 5.86. The molecule has 0 radical (unpaired) electrons. The molecule has 1 amide bonds. The molecule has 35 heavy (non-hydrogen) atoms. The molecule has 1 aliphatic heterocycles. The van der Waals surface area contributed by atoms with E-state index in [0.717, 1.165) is 11.3 Å². The summed E-state index contributed by atoms with van der Waals surface area (Å²) >= 11 is 5.52. The number of hydrogen-bond acceptors (Lipinski definition) is 6. The van der Waals surface area contributed by atoms with Crippen molar-refractivity contribution in [1.29, 1.82) is 0 Å². The van der Waals surface area contributed by atoms with Crippen LogP contribution in [0.2, 0.25) is 0 Å². The molecule has 0 bridgehead atoms. The minimum absolute atomic E-state index is 0.0866. The van der Waals surface area contributed by atoms with Crippen molar-refractivity contribution in [2.75, 3.05) is 18.5 Å². The zero-order valence-corrected chi connectivity index (χ0v) is 20.8. The normalized spacial score (nSPS) is 15.6. The summed E-state index contributed by atoms with van der Waals surface area (Å²) in [6.07, 6.45) is 0. The van der Waals surface area contributed by atoms with Crippen LogP contribution in [0.3, 0.4) is 0 Å². The number of thiocarbonyl (C=S) groups is 1. The lowest BCUT2D eigenvalue weighted by molar-refractivity contribution is -0.384. The van der Waals surface area contributed by atoms with E-state index in [1.807, 2.05) is 32.6 Å². The number of hydrogen-bond donors (Lipinski definition) is 2. The van der Waals surface area contributed by atoms with E-state index in [9.17, 15) is 19.7 Å². The predicted octanol–water partition coefficient (Wildman–Crippen LogP) is 4.57. The molecule has 0 saturated carbocycles. The number of non-ortho nitro benzene ring substituents is 1.